The lowest BCUT2D eigenvalue weighted by Gasteiger charge is -2.46. The fourth-order valence-corrected chi connectivity index (χ4v) is 7.41. The Morgan fingerprint density at radius 3 is 2.38 bits per heavy atom. The molecule has 5 amide bonds. The summed E-state index contributed by atoms with van der Waals surface area (Å²) in [5.74, 6) is -2.15. The monoisotopic (exact) mass is 736 g/mol. The highest BCUT2D eigenvalue weighted by molar-refractivity contribution is 6.00. The molecule has 1 aromatic heterocycles. The maximum absolute atomic E-state index is 13.9. The predicted molar refractivity (Wildman–Crippen MR) is 194 cm³/mol. The maximum Gasteiger partial charge on any atom is 0.409 e. The zero-order valence-corrected chi connectivity index (χ0v) is 31.0. The Labute approximate surface area is 309 Å². The van der Waals surface area contributed by atoms with Gasteiger partial charge in [-0.1, -0.05) is 25.8 Å². The molecule has 0 bridgehead atoms. The predicted octanol–water partition coefficient (Wildman–Crippen LogP) is 3.09. The maximum atomic E-state index is 13.9. The van der Waals surface area contributed by atoms with Crippen molar-refractivity contribution < 1.29 is 43.0 Å². The number of aromatic nitrogens is 1. The van der Waals surface area contributed by atoms with Crippen LogP contribution < -0.4 is 15.8 Å². The number of benzene rings is 1. The van der Waals surface area contributed by atoms with Gasteiger partial charge in [-0.25, -0.2) is 9.78 Å². The summed E-state index contributed by atoms with van der Waals surface area (Å²) in [6.45, 7) is 7.07. The SMILES string of the molecule is CCCCOC(=O)CCC(NC(=O)c1cc(OCC(=O)N2CCCC2(C(N)=O)C2CCC2)c2ccc(C)cc2n1)C(=O)N1CCN(C(=O)OCC)CC1. The number of rotatable bonds is 15. The summed E-state index contributed by atoms with van der Waals surface area (Å²) in [6.07, 6.45) is 4.86. The van der Waals surface area contributed by atoms with Crippen LogP contribution >= 0.6 is 0 Å². The van der Waals surface area contributed by atoms with Crippen molar-refractivity contribution in [2.24, 2.45) is 11.7 Å². The lowest BCUT2D eigenvalue weighted by molar-refractivity contribution is -0.150. The topological polar surface area (TPSA) is 191 Å². The molecule has 1 saturated carbocycles. The van der Waals surface area contributed by atoms with Crippen molar-refractivity contribution in [1.29, 1.82) is 0 Å². The first kappa shape index (κ1) is 39.3. The highest BCUT2D eigenvalue weighted by atomic mass is 16.6. The molecule has 3 N–H and O–H groups in total. The molecule has 5 rings (SSSR count). The standard InChI is InChI=1S/C38H52N6O9/c1-4-6-21-52-33(46)14-13-28(35(48)42-17-19-43(20-18-42)37(50)51-5-2)41-34(47)30-23-31(27-12-11-25(3)22-29(27)40-30)53-24-32(45)44-16-8-15-38(44,36(39)49)26-9-7-10-26/h11-12,22-23,26,28H,4-10,13-21,24H2,1-3H3,(H2,39,49)(H,41,47). The number of primary amides is 1. The fraction of sp³-hybridized carbons (Fsp3) is 0.605. The molecule has 2 saturated heterocycles. The molecule has 3 fully saturated rings. The van der Waals surface area contributed by atoms with Crippen molar-refractivity contribution in [3.8, 4) is 5.75 Å². The number of hydrogen-bond donors (Lipinski definition) is 2. The number of nitrogens with two attached hydrogens (primary N) is 1. The second-order valence-electron chi connectivity index (χ2n) is 14.0. The molecule has 2 unspecified atom stereocenters. The Bertz CT molecular complexity index is 1690. The van der Waals surface area contributed by atoms with Gasteiger partial charge in [-0.15, -0.1) is 0 Å². The van der Waals surface area contributed by atoms with E-state index in [4.69, 9.17) is 19.9 Å². The summed E-state index contributed by atoms with van der Waals surface area (Å²) < 4.78 is 16.5. The number of aryl methyl sites for hydroxylation is 1. The van der Waals surface area contributed by atoms with Crippen molar-refractivity contribution in [3.05, 3.63) is 35.5 Å². The van der Waals surface area contributed by atoms with E-state index in [1.165, 1.54) is 11.0 Å². The molecule has 3 aliphatic rings. The van der Waals surface area contributed by atoms with Gasteiger partial charge in [-0.2, -0.15) is 0 Å². The number of hydrogen-bond acceptors (Lipinski definition) is 10. The van der Waals surface area contributed by atoms with Crippen molar-refractivity contribution >= 4 is 46.6 Å². The van der Waals surface area contributed by atoms with Crippen LogP contribution in [-0.2, 0) is 28.7 Å². The first-order valence-corrected chi connectivity index (χ1v) is 18.8. The lowest BCUT2D eigenvalue weighted by atomic mass is 9.69. The molecule has 288 valence electrons. The summed E-state index contributed by atoms with van der Waals surface area (Å²) >= 11 is 0. The van der Waals surface area contributed by atoms with Crippen molar-refractivity contribution in [2.45, 2.75) is 90.1 Å². The Kier molecular flexibility index (Phi) is 13.1. The molecule has 3 heterocycles. The number of carbonyl (C=O) groups excluding carboxylic acids is 6. The number of amides is 5. The third-order valence-corrected chi connectivity index (χ3v) is 10.6. The molecule has 0 radical (unpaired) electrons. The molecule has 1 aromatic carbocycles. The highest BCUT2D eigenvalue weighted by Crippen LogP contribution is 2.45. The molecular weight excluding hydrogens is 684 g/mol. The van der Waals surface area contributed by atoms with Crippen LogP contribution in [0.1, 0.15) is 87.7 Å². The number of likely N-dealkylation sites (tertiary alicyclic amines) is 1. The Hall–Kier alpha value is -4.95. The third kappa shape index (κ3) is 8.99. The minimum Gasteiger partial charge on any atom is -0.483 e. The first-order chi connectivity index (χ1) is 25.5. The van der Waals surface area contributed by atoms with Crippen LogP contribution in [0.4, 0.5) is 4.79 Å². The van der Waals surface area contributed by atoms with Gasteiger partial charge < -0.3 is 40.0 Å². The van der Waals surface area contributed by atoms with E-state index in [1.807, 2.05) is 19.9 Å². The van der Waals surface area contributed by atoms with Crippen molar-refractivity contribution in [3.63, 3.8) is 0 Å². The number of unbranched alkanes of at least 4 members (excludes halogenated alkanes) is 1. The number of pyridine rings is 1. The zero-order chi connectivity index (χ0) is 38.1. The normalized spacial score (nSPS) is 19.3. The van der Waals surface area contributed by atoms with Gasteiger partial charge in [0.25, 0.3) is 11.8 Å². The minimum atomic E-state index is -1.10. The molecular formula is C38H52N6O9. The van der Waals surface area contributed by atoms with Gasteiger partial charge in [-0.3, -0.25) is 24.0 Å². The second-order valence-corrected chi connectivity index (χ2v) is 14.0. The molecule has 53 heavy (non-hydrogen) atoms. The number of ether oxygens (including phenoxy) is 3. The molecule has 15 heteroatoms. The second kappa shape index (κ2) is 17.7. The summed E-state index contributed by atoms with van der Waals surface area (Å²) in [5, 5.41) is 3.36. The van der Waals surface area contributed by atoms with E-state index in [2.05, 4.69) is 10.3 Å². The number of nitrogens with one attached hydrogen (secondary N) is 1. The first-order valence-electron chi connectivity index (χ1n) is 18.8. The van der Waals surface area contributed by atoms with Gasteiger partial charge in [0.05, 0.1) is 18.7 Å². The Morgan fingerprint density at radius 1 is 0.981 bits per heavy atom. The molecule has 2 aromatic rings. The number of fused-ring (bicyclic) bond motifs is 1. The highest BCUT2D eigenvalue weighted by Gasteiger charge is 2.55. The average Bonchev–Trinajstić information content (AvgIpc) is 3.56. The molecule has 15 nitrogen and oxygen atoms in total. The van der Waals surface area contributed by atoms with Crippen molar-refractivity contribution in [2.75, 3.05) is 52.5 Å². The van der Waals surface area contributed by atoms with Crippen LogP contribution in [-0.4, -0.2) is 120 Å². The van der Waals surface area contributed by atoms with E-state index in [0.29, 0.717) is 36.7 Å². The van der Waals surface area contributed by atoms with Crippen LogP contribution in [0.3, 0.4) is 0 Å². The zero-order valence-electron chi connectivity index (χ0n) is 31.0. The van der Waals surface area contributed by atoms with Gasteiger partial charge in [0, 0.05) is 50.6 Å². The number of esters is 1. The quantitative estimate of drug-likeness (QED) is 0.203. The molecule has 2 atom stereocenters. The Balaban J connectivity index is 1.34. The fourth-order valence-electron chi connectivity index (χ4n) is 7.41. The van der Waals surface area contributed by atoms with Crippen molar-refractivity contribution in [1.82, 2.24) is 25.0 Å². The smallest absolute Gasteiger partial charge is 0.409 e. The number of piperazine rings is 1. The van der Waals surface area contributed by atoms with Crippen LogP contribution in [0.15, 0.2) is 24.3 Å². The van der Waals surface area contributed by atoms with Crippen LogP contribution in [0.2, 0.25) is 0 Å². The van der Waals surface area contributed by atoms with E-state index in [1.54, 1.807) is 28.9 Å². The van der Waals surface area contributed by atoms with Gasteiger partial charge in [-0.05, 0) is 76.0 Å². The van der Waals surface area contributed by atoms with Crippen LogP contribution in [0.5, 0.6) is 5.75 Å². The summed E-state index contributed by atoms with van der Waals surface area (Å²) in [5.41, 5.74) is 6.18. The summed E-state index contributed by atoms with van der Waals surface area (Å²) in [4.78, 5) is 88.2. The van der Waals surface area contributed by atoms with Gasteiger partial charge in [0.1, 0.15) is 23.0 Å². The minimum absolute atomic E-state index is 0.0172. The number of nitrogens with zero attached hydrogens (tertiary/aromatic N) is 4. The molecule has 0 spiro atoms. The van der Waals surface area contributed by atoms with E-state index >= 15 is 0 Å². The number of carbonyl (C=O) groups is 6. The van der Waals surface area contributed by atoms with E-state index in [0.717, 1.165) is 31.2 Å². The van der Waals surface area contributed by atoms with Crippen LogP contribution in [0.25, 0.3) is 10.9 Å². The lowest BCUT2D eigenvalue weighted by Crippen LogP contribution is -2.62. The van der Waals surface area contributed by atoms with E-state index < -0.39 is 41.4 Å². The van der Waals surface area contributed by atoms with Gasteiger partial charge in [0.15, 0.2) is 6.61 Å². The van der Waals surface area contributed by atoms with E-state index in [9.17, 15) is 28.8 Å². The van der Waals surface area contributed by atoms with E-state index in [-0.39, 0.29) is 82.1 Å². The van der Waals surface area contributed by atoms with Gasteiger partial charge >= 0.3 is 12.1 Å². The third-order valence-electron chi connectivity index (χ3n) is 10.6. The molecule has 2 aliphatic heterocycles. The van der Waals surface area contributed by atoms with Gasteiger partial charge in [0.2, 0.25) is 11.8 Å². The Morgan fingerprint density at radius 2 is 1.72 bits per heavy atom. The summed E-state index contributed by atoms with van der Waals surface area (Å²) in [6, 6.07) is 5.77. The largest absolute Gasteiger partial charge is 0.483 e. The van der Waals surface area contributed by atoms with Crippen LogP contribution in [0, 0.1) is 12.8 Å². The average molecular weight is 737 g/mol. The summed E-state index contributed by atoms with van der Waals surface area (Å²) in [7, 11) is 0. The molecule has 1 aliphatic carbocycles.